The summed E-state index contributed by atoms with van der Waals surface area (Å²) >= 11 is 0. The Morgan fingerprint density at radius 3 is 2.48 bits per heavy atom. The van der Waals surface area contributed by atoms with Gasteiger partial charge in [0.1, 0.15) is 5.82 Å². The van der Waals surface area contributed by atoms with Gasteiger partial charge in [-0.25, -0.2) is 4.39 Å². The molecule has 0 bridgehead atoms. The lowest BCUT2D eigenvalue weighted by atomic mass is 9.97. The highest BCUT2D eigenvalue weighted by atomic mass is 19.4. The number of hydrogen-bond acceptors (Lipinski definition) is 2. The van der Waals surface area contributed by atoms with Gasteiger partial charge in [-0.3, -0.25) is 9.69 Å². The lowest BCUT2D eigenvalue weighted by molar-refractivity contribution is -0.137. The van der Waals surface area contributed by atoms with Crippen LogP contribution in [0.5, 0.6) is 0 Å². The molecule has 1 aromatic carbocycles. The van der Waals surface area contributed by atoms with E-state index < -0.39 is 29.5 Å². The molecule has 1 amide bonds. The molecule has 1 aliphatic carbocycles. The highest BCUT2D eigenvalue weighted by Crippen LogP contribution is 2.48. The van der Waals surface area contributed by atoms with Gasteiger partial charge < -0.3 is 5.73 Å². The van der Waals surface area contributed by atoms with Gasteiger partial charge in [0.25, 0.3) is 0 Å². The zero-order valence-electron chi connectivity index (χ0n) is 12.4. The Kier molecular flexibility index (Phi) is 4.08. The number of likely N-dealkylation sites (tertiary alicyclic amines) is 1. The van der Waals surface area contributed by atoms with Crippen LogP contribution in [0.3, 0.4) is 0 Å². The van der Waals surface area contributed by atoms with Crippen molar-refractivity contribution >= 4 is 5.91 Å². The van der Waals surface area contributed by atoms with Gasteiger partial charge in [-0.15, -0.1) is 0 Å². The van der Waals surface area contributed by atoms with E-state index in [4.69, 9.17) is 5.73 Å². The molecule has 23 heavy (non-hydrogen) atoms. The van der Waals surface area contributed by atoms with Crippen LogP contribution in [0.4, 0.5) is 17.6 Å². The second-order valence-electron chi connectivity index (χ2n) is 6.31. The van der Waals surface area contributed by atoms with Gasteiger partial charge in [-0.2, -0.15) is 13.2 Å². The topological polar surface area (TPSA) is 46.3 Å². The van der Waals surface area contributed by atoms with E-state index in [1.807, 2.05) is 4.90 Å². The summed E-state index contributed by atoms with van der Waals surface area (Å²) in [6.45, 7) is 0.606. The number of halogens is 4. The fraction of sp³-hybridized carbons (Fsp3) is 0.562. The maximum atomic E-state index is 14.4. The number of hydrogen-bond donors (Lipinski definition) is 1. The van der Waals surface area contributed by atoms with Crippen LogP contribution in [0.25, 0.3) is 0 Å². The molecule has 0 radical (unpaired) electrons. The molecule has 3 rings (SSSR count). The normalized spacial score (nSPS) is 23.9. The maximum Gasteiger partial charge on any atom is 0.416 e. The molecule has 1 saturated heterocycles. The third-order valence-electron chi connectivity index (χ3n) is 4.69. The quantitative estimate of drug-likeness (QED) is 0.862. The molecule has 1 heterocycles. The first-order valence-corrected chi connectivity index (χ1v) is 7.70. The molecular weight excluding hydrogens is 312 g/mol. The van der Waals surface area contributed by atoms with Gasteiger partial charge in [-0.05, 0) is 50.3 Å². The first-order valence-electron chi connectivity index (χ1n) is 7.70. The van der Waals surface area contributed by atoms with Crippen molar-refractivity contribution in [3.8, 4) is 0 Å². The number of benzene rings is 1. The molecule has 126 valence electrons. The van der Waals surface area contributed by atoms with E-state index in [9.17, 15) is 22.4 Å². The van der Waals surface area contributed by atoms with Crippen LogP contribution in [0.2, 0.25) is 0 Å². The summed E-state index contributed by atoms with van der Waals surface area (Å²) in [6.07, 6.45) is -1.42. The van der Waals surface area contributed by atoms with E-state index in [0.717, 1.165) is 25.3 Å². The molecule has 1 aromatic rings. The number of primary amides is 1. The van der Waals surface area contributed by atoms with E-state index in [1.165, 1.54) is 6.07 Å². The Labute approximate surface area is 131 Å². The van der Waals surface area contributed by atoms with Crippen LogP contribution >= 0.6 is 0 Å². The minimum atomic E-state index is -4.57. The number of rotatable bonds is 4. The molecular formula is C16H18F4N2O. The number of carbonyl (C=O) groups excluding carboxylic acids is 1. The van der Waals surface area contributed by atoms with Crippen molar-refractivity contribution in [1.82, 2.24) is 4.90 Å². The standard InChI is InChI=1S/C16H18F4N2O/c17-12-8-10(16(18,19)20)5-6-11(12)14(9-3-4-9)22-7-1-2-13(22)15(21)23/h5-6,8-9,13-14H,1-4,7H2,(H2,21,23)/t13?,14-/m1/s1. The van der Waals surface area contributed by atoms with Crippen molar-refractivity contribution in [2.24, 2.45) is 11.7 Å². The minimum absolute atomic E-state index is 0.168. The monoisotopic (exact) mass is 330 g/mol. The Morgan fingerprint density at radius 1 is 1.26 bits per heavy atom. The van der Waals surface area contributed by atoms with E-state index >= 15 is 0 Å². The molecule has 2 fully saturated rings. The fourth-order valence-electron chi connectivity index (χ4n) is 3.49. The van der Waals surface area contributed by atoms with E-state index in [1.54, 1.807) is 0 Å². The Balaban J connectivity index is 1.95. The molecule has 7 heteroatoms. The van der Waals surface area contributed by atoms with Crippen molar-refractivity contribution in [3.63, 3.8) is 0 Å². The third kappa shape index (κ3) is 3.20. The van der Waals surface area contributed by atoms with Crippen LogP contribution in [-0.2, 0) is 11.0 Å². The molecule has 3 nitrogen and oxygen atoms in total. The highest BCUT2D eigenvalue weighted by molar-refractivity contribution is 5.80. The average molecular weight is 330 g/mol. The Morgan fingerprint density at radius 2 is 1.96 bits per heavy atom. The fourth-order valence-corrected chi connectivity index (χ4v) is 3.49. The van der Waals surface area contributed by atoms with Gasteiger partial charge in [0.15, 0.2) is 0 Å². The van der Waals surface area contributed by atoms with Gasteiger partial charge in [-0.1, -0.05) is 6.07 Å². The van der Waals surface area contributed by atoms with Crippen molar-refractivity contribution in [3.05, 3.63) is 35.1 Å². The lowest BCUT2D eigenvalue weighted by Gasteiger charge is -2.32. The molecule has 2 aliphatic rings. The third-order valence-corrected chi connectivity index (χ3v) is 4.69. The second kappa shape index (κ2) is 5.78. The molecule has 0 aromatic heterocycles. The van der Waals surface area contributed by atoms with Crippen LogP contribution in [0, 0.1) is 11.7 Å². The predicted molar refractivity (Wildman–Crippen MR) is 75.8 cm³/mol. The summed E-state index contributed by atoms with van der Waals surface area (Å²) in [5, 5.41) is 0. The second-order valence-corrected chi connectivity index (χ2v) is 6.31. The SMILES string of the molecule is NC(=O)C1CCCN1[C@@H](c1ccc(C(F)(F)F)cc1F)C1CC1. The number of alkyl halides is 3. The molecule has 1 saturated carbocycles. The minimum Gasteiger partial charge on any atom is -0.368 e. The number of nitrogens with two attached hydrogens (primary N) is 1. The number of carbonyl (C=O) groups is 1. The summed E-state index contributed by atoms with van der Waals surface area (Å²) in [6, 6.07) is 1.81. The first kappa shape index (κ1) is 16.2. The van der Waals surface area contributed by atoms with Crippen LogP contribution in [0.15, 0.2) is 18.2 Å². The van der Waals surface area contributed by atoms with Gasteiger partial charge in [0.2, 0.25) is 5.91 Å². The van der Waals surface area contributed by atoms with E-state index in [0.29, 0.717) is 19.0 Å². The van der Waals surface area contributed by atoms with Gasteiger partial charge in [0, 0.05) is 11.6 Å². The van der Waals surface area contributed by atoms with E-state index in [2.05, 4.69) is 0 Å². The summed E-state index contributed by atoms with van der Waals surface area (Å²) < 4.78 is 52.5. The van der Waals surface area contributed by atoms with Crippen molar-refractivity contribution < 1.29 is 22.4 Å². The van der Waals surface area contributed by atoms with Gasteiger partial charge >= 0.3 is 6.18 Å². The lowest BCUT2D eigenvalue weighted by Crippen LogP contribution is -2.43. The van der Waals surface area contributed by atoms with Crippen molar-refractivity contribution in [1.29, 1.82) is 0 Å². The van der Waals surface area contributed by atoms with Crippen LogP contribution in [0.1, 0.15) is 42.9 Å². The Bertz CT molecular complexity index is 613. The summed E-state index contributed by atoms with van der Waals surface area (Å²) in [7, 11) is 0. The smallest absolute Gasteiger partial charge is 0.368 e. The van der Waals surface area contributed by atoms with Crippen molar-refractivity contribution in [2.45, 2.75) is 43.9 Å². The number of nitrogens with zero attached hydrogens (tertiary/aromatic N) is 1. The molecule has 2 atom stereocenters. The zero-order valence-corrected chi connectivity index (χ0v) is 12.4. The zero-order chi connectivity index (χ0) is 16.8. The largest absolute Gasteiger partial charge is 0.416 e. The van der Waals surface area contributed by atoms with Gasteiger partial charge in [0.05, 0.1) is 11.6 Å². The number of amides is 1. The molecule has 1 aliphatic heterocycles. The summed E-state index contributed by atoms with van der Waals surface area (Å²) in [5.74, 6) is -1.16. The highest BCUT2D eigenvalue weighted by Gasteiger charge is 2.44. The maximum absolute atomic E-state index is 14.4. The molecule has 1 unspecified atom stereocenters. The average Bonchev–Trinajstić information content (AvgIpc) is 3.16. The van der Waals surface area contributed by atoms with Crippen LogP contribution < -0.4 is 5.73 Å². The molecule has 0 spiro atoms. The van der Waals surface area contributed by atoms with Crippen molar-refractivity contribution in [2.75, 3.05) is 6.54 Å². The molecule has 2 N–H and O–H groups in total. The first-order chi connectivity index (χ1) is 10.8. The van der Waals surface area contributed by atoms with E-state index in [-0.39, 0.29) is 17.5 Å². The summed E-state index contributed by atoms with van der Waals surface area (Å²) in [4.78, 5) is 13.5. The predicted octanol–water partition coefficient (Wildman–Crippen LogP) is 3.25. The van der Waals surface area contributed by atoms with Crippen LogP contribution in [-0.4, -0.2) is 23.4 Å². The summed E-state index contributed by atoms with van der Waals surface area (Å²) in [5.41, 5.74) is 4.65. The Hall–Kier alpha value is -1.63.